The van der Waals surface area contributed by atoms with Gasteiger partial charge in [0.1, 0.15) is 6.61 Å². The molecule has 1 aliphatic carbocycles. The Hall–Kier alpha value is -1.87. The highest BCUT2D eigenvalue weighted by molar-refractivity contribution is 14.0. The van der Waals surface area contributed by atoms with E-state index in [4.69, 9.17) is 9.47 Å². The molecule has 1 heterocycles. The van der Waals surface area contributed by atoms with Gasteiger partial charge in [-0.25, -0.2) is 4.98 Å². The summed E-state index contributed by atoms with van der Waals surface area (Å²) in [5, 5.41) is 6.88. The summed E-state index contributed by atoms with van der Waals surface area (Å²) in [5.74, 6) is 1.45. The third-order valence-corrected chi connectivity index (χ3v) is 5.59. The van der Waals surface area contributed by atoms with Gasteiger partial charge in [0.25, 0.3) is 0 Å². The smallest absolute Gasteiger partial charge is 0.213 e. The molecule has 0 atom stereocenters. The SMILES string of the molecule is CN=C(NCc1ccnc(OCc2ccccc2)c1)NCC1(CCOC)CCC1.I. The Labute approximate surface area is 196 Å². The lowest BCUT2D eigenvalue weighted by Gasteiger charge is -2.42. The van der Waals surface area contributed by atoms with Crippen LogP contribution in [-0.2, 0) is 17.9 Å². The van der Waals surface area contributed by atoms with Crippen LogP contribution in [0.3, 0.4) is 0 Å². The van der Waals surface area contributed by atoms with E-state index in [1.165, 1.54) is 19.3 Å². The monoisotopic (exact) mass is 524 g/mol. The van der Waals surface area contributed by atoms with Gasteiger partial charge in [0.05, 0.1) is 0 Å². The number of benzene rings is 1. The molecule has 0 bridgehead atoms. The predicted molar refractivity (Wildman–Crippen MR) is 131 cm³/mol. The number of guanidine groups is 1. The van der Waals surface area contributed by atoms with E-state index in [-0.39, 0.29) is 24.0 Å². The lowest BCUT2D eigenvalue weighted by atomic mass is 9.67. The van der Waals surface area contributed by atoms with Crippen LogP contribution in [0.15, 0.2) is 53.7 Å². The highest BCUT2D eigenvalue weighted by Crippen LogP contribution is 2.43. The molecule has 0 spiro atoms. The quantitative estimate of drug-likeness (QED) is 0.278. The minimum absolute atomic E-state index is 0. The third kappa shape index (κ3) is 7.43. The van der Waals surface area contributed by atoms with Crippen molar-refractivity contribution in [2.75, 3.05) is 27.3 Å². The second-order valence-corrected chi connectivity index (χ2v) is 7.65. The average Bonchev–Trinajstić information content (AvgIpc) is 2.74. The second kappa shape index (κ2) is 12.7. The molecular weight excluding hydrogens is 491 g/mol. The maximum absolute atomic E-state index is 5.82. The summed E-state index contributed by atoms with van der Waals surface area (Å²) in [6.07, 6.45) is 6.70. The highest BCUT2D eigenvalue weighted by atomic mass is 127. The predicted octanol–water partition coefficient (Wildman–Crippen LogP) is 4.15. The molecule has 0 saturated heterocycles. The van der Waals surface area contributed by atoms with Crippen molar-refractivity contribution in [3.8, 4) is 5.88 Å². The first-order chi connectivity index (χ1) is 14.2. The number of nitrogens with zero attached hydrogens (tertiary/aromatic N) is 2. The van der Waals surface area contributed by atoms with Gasteiger partial charge in [-0.2, -0.15) is 0 Å². The third-order valence-electron chi connectivity index (χ3n) is 5.59. The molecule has 1 aromatic carbocycles. The van der Waals surface area contributed by atoms with Gasteiger partial charge in [-0.05, 0) is 41.9 Å². The van der Waals surface area contributed by atoms with Crippen LogP contribution in [0.5, 0.6) is 5.88 Å². The molecule has 1 fully saturated rings. The molecule has 1 aliphatic rings. The number of aromatic nitrogens is 1. The molecular formula is C23H33IN4O2. The lowest BCUT2D eigenvalue weighted by molar-refractivity contribution is 0.0732. The van der Waals surface area contributed by atoms with Crippen molar-refractivity contribution in [1.29, 1.82) is 0 Å². The number of rotatable bonds is 10. The first kappa shape index (κ1) is 24.4. The van der Waals surface area contributed by atoms with Gasteiger partial charge in [-0.3, -0.25) is 4.99 Å². The van der Waals surface area contributed by atoms with E-state index in [2.05, 4.69) is 20.6 Å². The van der Waals surface area contributed by atoms with Gasteiger partial charge in [0, 0.05) is 46.1 Å². The Bertz CT molecular complexity index is 782. The number of hydrogen-bond acceptors (Lipinski definition) is 4. The van der Waals surface area contributed by atoms with Crippen LogP contribution in [0.1, 0.15) is 36.8 Å². The van der Waals surface area contributed by atoms with Crippen molar-refractivity contribution in [3.63, 3.8) is 0 Å². The number of halogens is 1. The number of aliphatic imine (C=N–C) groups is 1. The van der Waals surface area contributed by atoms with Crippen molar-refractivity contribution in [3.05, 3.63) is 59.8 Å². The van der Waals surface area contributed by atoms with Gasteiger partial charge in [0.2, 0.25) is 5.88 Å². The first-order valence-corrected chi connectivity index (χ1v) is 10.3. The van der Waals surface area contributed by atoms with Crippen LogP contribution in [0.2, 0.25) is 0 Å². The molecule has 0 radical (unpaired) electrons. The number of nitrogens with one attached hydrogen (secondary N) is 2. The first-order valence-electron chi connectivity index (χ1n) is 10.3. The lowest BCUT2D eigenvalue weighted by Crippen LogP contribution is -2.46. The Morgan fingerprint density at radius 3 is 2.60 bits per heavy atom. The van der Waals surface area contributed by atoms with Crippen molar-refractivity contribution in [2.24, 2.45) is 10.4 Å². The van der Waals surface area contributed by atoms with Crippen molar-refractivity contribution in [2.45, 2.75) is 38.8 Å². The Morgan fingerprint density at radius 1 is 1.13 bits per heavy atom. The van der Waals surface area contributed by atoms with Gasteiger partial charge >= 0.3 is 0 Å². The van der Waals surface area contributed by atoms with Crippen LogP contribution in [0.4, 0.5) is 0 Å². The number of methoxy groups -OCH3 is 1. The molecule has 0 aliphatic heterocycles. The zero-order valence-electron chi connectivity index (χ0n) is 17.9. The van der Waals surface area contributed by atoms with E-state index in [1.807, 2.05) is 42.5 Å². The van der Waals surface area contributed by atoms with E-state index >= 15 is 0 Å². The van der Waals surface area contributed by atoms with E-state index in [9.17, 15) is 0 Å². The molecule has 3 rings (SSSR count). The molecule has 0 amide bonds. The second-order valence-electron chi connectivity index (χ2n) is 7.65. The molecule has 6 nitrogen and oxygen atoms in total. The molecule has 2 N–H and O–H groups in total. The standard InChI is InChI=1S/C23H32N4O2.HI/c1-24-22(27-18-23(10-6-11-23)12-14-28-2)26-16-20-9-13-25-21(15-20)29-17-19-7-4-3-5-8-19;/h3-5,7-9,13,15H,6,10-12,14,16-18H2,1-2H3,(H2,24,26,27);1H. The van der Waals surface area contributed by atoms with Gasteiger partial charge in [-0.1, -0.05) is 36.8 Å². The molecule has 30 heavy (non-hydrogen) atoms. The van der Waals surface area contributed by atoms with Crippen LogP contribution in [0.25, 0.3) is 0 Å². The maximum atomic E-state index is 5.82. The minimum Gasteiger partial charge on any atom is -0.473 e. The largest absolute Gasteiger partial charge is 0.473 e. The fourth-order valence-corrected chi connectivity index (χ4v) is 3.56. The van der Waals surface area contributed by atoms with Crippen LogP contribution in [0, 0.1) is 5.41 Å². The normalized spacial score (nSPS) is 14.9. The van der Waals surface area contributed by atoms with Crippen LogP contribution >= 0.6 is 24.0 Å². The van der Waals surface area contributed by atoms with Gasteiger partial charge < -0.3 is 20.1 Å². The number of hydrogen-bond donors (Lipinski definition) is 2. The molecule has 1 saturated carbocycles. The maximum Gasteiger partial charge on any atom is 0.213 e. The van der Waals surface area contributed by atoms with E-state index in [0.717, 1.165) is 36.7 Å². The summed E-state index contributed by atoms with van der Waals surface area (Å²) in [7, 11) is 3.58. The van der Waals surface area contributed by atoms with Gasteiger partial charge in [-0.15, -0.1) is 24.0 Å². The fraction of sp³-hybridized carbons (Fsp3) is 0.478. The Balaban J connectivity index is 0.00000320. The van der Waals surface area contributed by atoms with E-state index < -0.39 is 0 Å². The minimum atomic E-state index is 0. The molecule has 164 valence electrons. The van der Waals surface area contributed by atoms with Crippen LogP contribution < -0.4 is 15.4 Å². The number of ether oxygens (including phenoxy) is 2. The average molecular weight is 524 g/mol. The van der Waals surface area contributed by atoms with Gasteiger partial charge in [0.15, 0.2) is 5.96 Å². The summed E-state index contributed by atoms with van der Waals surface area (Å²) in [6, 6.07) is 14.1. The van der Waals surface area contributed by atoms with E-state index in [1.54, 1.807) is 20.4 Å². The van der Waals surface area contributed by atoms with Crippen molar-refractivity contribution in [1.82, 2.24) is 15.6 Å². The molecule has 7 heteroatoms. The molecule has 0 unspecified atom stereocenters. The highest BCUT2D eigenvalue weighted by Gasteiger charge is 2.36. The number of pyridine rings is 1. The molecule has 1 aromatic heterocycles. The zero-order chi connectivity index (χ0) is 20.4. The zero-order valence-corrected chi connectivity index (χ0v) is 20.2. The van der Waals surface area contributed by atoms with Crippen molar-refractivity contribution >= 4 is 29.9 Å². The summed E-state index contributed by atoms with van der Waals surface area (Å²) < 4.78 is 11.1. The Morgan fingerprint density at radius 2 is 1.93 bits per heavy atom. The summed E-state index contributed by atoms with van der Waals surface area (Å²) in [5.41, 5.74) is 2.58. The molecule has 2 aromatic rings. The summed E-state index contributed by atoms with van der Waals surface area (Å²) in [6.45, 7) is 2.92. The van der Waals surface area contributed by atoms with Crippen molar-refractivity contribution < 1.29 is 9.47 Å². The van der Waals surface area contributed by atoms with E-state index in [0.29, 0.717) is 24.4 Å². The summed E-state index contributed by atoms with van der Waals surface area (Å²) in [4.78, 5) is 8.67. The fourth-order valence-electron chi connectivity index (χ4n) is 3.56. The summed E-state index contributed by atoms with van der Waals surface area (Å²) >= 11 is 0. The van der Waals surface area contributed by atoms with Crippen LogP contribution in [-0.4, -0.2) is 38.3 Å². The Kier molecular flexibility index (Phi) is 10.4. The topological polar surface area (TPSA) is 67.8 Å².